The summed E-state index contributed by atoms with van der Waals surface area (Å²) in [7, 11) is -4.30. The minimum absolute atomic E-state index is 0.440. The molecule has 3 nitrogen and oxygen atoms in total. The normalized spacial score (nSPS) is 14.3. The molecular weight excluding hydrogens is 247 g/mol. The Labute approximate surface area is 83.0 Å². The van der Waals surface area contributed by atoms with E-state index in [1.54, 1.807) is 0 Å². The average molecular weight is 256 g/mol. The summed E-state index contributed by atoms with van der Waals surface area (Å²) in [4.78, 5) is 0. The highest BCUT2D eigenvalue weighted by molar-refractivity contribution is 7.85. The van der Waals surface area contributed by atoms with Crippen LogP contribution in [0.25, 0.3) is 0 Å². The molecule has 0 unspecified atom stereocenters. The molecule has 0 radical (unpaired) electrons. The second kappa shape index (κ2) is 4.60. The lowest BCUT2D eigenvalue weighted by Crippen LogP contribution is -2.36. The second-order valence-corrected chi connectivity index (χ2v) is 4.52. The smallest absolute Gasteiger partial charge is 0.286 e. The minimum atomic E-state index is -5.62. The van der Waals surface area contributed by atoms with Crippen molar-refractivity contribution in [3.05, 3.63) is 0 Å². The average Bonchev–Trinajstić information content (AvgIpc) is 1.94. The van der Waals surface area contributed by atoms with Crippen LogP contribution in [-0.2, 0) is 10.1 Å². The first-order valence-corrected chi connectivity index (χ1v) is 5.46. The maximum atomic E-state index is 12.2. The van der Waals surface area contributed by atoms with Crippen LogP contribution in [-0.4, -0.2) is 30.8 Å². The molecule has 0 aliphatic carbocycles. The lowest BCUT2D eigenvalue weighted by atomic mass is 10.1. The van der Waals surface area contributed by atoms with Crippen molar-refractivity contribution < 1.29 is 34.9 Å². The Balaban J connectivity index is 3.98. The minimum Gasteiger partial charge on any atom is -0.286 e. The second-order valence-electron chi connectivity index (χ2n) is 2.95. The monoisotopic (exact) mass is 256 g/mol. The first-order valence-electron chi connectivity index (χ1n) is 3.85. The van der Waals surface area contributed by atoms with Crippen LogP contribution in [0, 0.1) is 0 Å². The van der Waals surface area contributed by atoms with E-state index in [1.807, 2.05) is 0 Å². The fourth-order valence-corrected chi connectivity index (χ4v) is 1.34. The molecule has 0 aliphatic rings. The van der Waals surface area contributed by atoms with Gasteiger partial charge < -0.3 is 0 Å². The zero-order valence-corrected chi connectivity index (χ0v) is 8.21. The Morgan fingerprint density at radius 1 is 1.00 bits per heavy atom. The molecule has 0 aliphatic heterocycles. The molecule has 0 aromatic heterocycles. The van der Waals surface area contributed by atoms with Gasteiger partial charge in [-0.25, -0.2) is 0 Å². The predicted molar refractivity (Wildman–Crippen MR) is 41.3 cm³/mol. The summed E-state index contributed by atoms with van der Waals surface area (Å²) in [6.45, 7) is 0. The van der Waals surface area contributed by atoms with Gasteiger partial charge in [-0.3, -0.25) is 4.55 Å². The van der Waals surface area contributed by atoms with E-state index in [1.165, 1.54) is 0 Å². The summed E-state index contributed by atoms with van der Waals surface area (Å²) in [5.41, 5.74) is 0. The third-order valence-electron chi connectivity index (χ3n) is 1.56. The van der Waals surface area contributed by atoms with E-state index >= 15 is 0 Å². The first-order chi connectivity index (χ1) is 6.46. The molecule has 0 spiro atoms. The first kappa shape index (κ1) is 14.6. The highest BCUT2D eigenvalue weighted by Crippen LogP contribution is 2.39. The van der Waals surface area contributed by atoms with E-state index < -0.39 is 47.2 Å². The number of unbranched alkanes of at least 4 members (excludes halogenated alkanes) is 1. The van der Waals surface area contributed by atoms with Gasteiger partial charge in [-0.05, 0) is 12.8 Å². The lowest BCUT2D eigenvalue weighted by Gasteiger charge is -2.18. The fraction of sp³-hybridized carbons (Fsp3) is 1.00. The highest BCUT2D eigenvalue weighted by Gasteiger charge is 2.56. The molecule has 0 amide bonds. The summed E-state index contributed by atoms with van der Waals surface area (Å²) in [5, 5.41) is 0. The maximum absolute atomic E-state index is 12.2. The quantitative estimate of drug-likeness (QED) is 0.466. The van der Waals surface area contributed by atoms with Crippen LogP contribution in [0.2, 0.25) is 0 Å². The van der Waals surface area contributed by atoms with Crippen molar-refractivity contribution in [3.63, 3.8) is 0 Å². The Kier molecular flexibility index (Phi) is 4.47. The molecule has 0 saturated carbocycles. The zero-order chi connectivity index (χ0) is 12.3. The molecule has 0 saturated heterocycles. The van der Waals surface area contributed by atoms with Gasteiger partial charge in [0.25, 0.3) is 10.1 Å². The van der Waals surface area contributed by atoms with Gasteiger partial charge in [0.2, 0.25) is 0 Å². The highest BCUT2D eigenvalue weighted by atomic mass is 32.2. The molecule has 92 valence electrons. The molecule has 1 N–H and O–H groups in total. The summed E-state index contributed by atoms with van der Waals surface area (Å²) in [5.74, 6) is -5.63. The van der Waals surface area contributed by atoms with Gasteiger partial charge in [0, 0.05) is 6.42 Å². The molecule has 0 aromatic rings. The summed E-state index contributed by atoms with van der Waals surface area (Å²) in [6.07, 6.45) is -8.17. The van der Waals surface area contributed by atoms with Crippen molar-refractivity contribution in [3.8, 4) is 0 Å². The third-order valence-corrected chi connectivity index (χ3v) is 2.36. The lowest BCUT2D eigenvalue weighted by molar-refractivity contribution is -0.284. The van der Waals surface area contributed by atoms with Gasteiger partial charge in [-0.15, -0.1) is 0 Å². The number of hydrogen-bond acceptors (Lipinski definition) is 2. The van der Waals surface area contributed by atoms with Gasteiger partial charge in [0.05, 0.1) is 5.75 Å². The van der Waals surface area contributed by atoms with Crippen molar-refractivity contribution in [2.75, 3.05) is 5.75 Å². The maximum Gasteiger partial charge on any atom is 0.453 e. The standard InChI is InChI=1S/C6H9F5O3S/c7-5(8,6(9,10)11)3-1-2-4-15(12,13)14/h1-4H2,(H,12,13,14). The van der Waals surface area contributed by atoms with E-state index in [4.69, 9.17) is 4.55 Å². The fourth-order valence-electron chi connectivity index (χ4n) is 0.773. The van der Waals surface area contributed by atoms with Crippen molar-refractivity contribution in [1.29, 1.82) is 0 Å². The largest absolute Gasteiger partial charge is 0.453 e. The van der Waals surface area contributed by atoms with E-state index in [0.717, 1.165) is 0 Å². The van der Waals surface area contributed by atoms with Crippen LogP contribution in [0.5, 0.6) is 0 Å². The van der Waals surface area contributed by atoms with Crippen LogP contribution in [0.1, 0.15) is 19.3 Å². The van der Waals surface area contributed by atoms with Gasteiger partial charge in [0.1, 0.15) is 0 Å². The number of halogens is 5. The number of rotatable bonds is 5. The van der Waals surface area contributed by atoms with Gasteiger partial charge in [-0.1, -0.05) is 0 Å². The van der Waals surface area contributed by atoms with E-state index in [2.05, 4.69) is 0 Å². The van der Waals surface area contributed by atoms with Crippen LogP contribution in [0.4, 0.5) is 22.0 Å². The van der Waals surface area contributed by atoms with E-state index in [0.29, 0.717) is 0 Å². The van der Waals surface area contributed by atoms with Crippen molar-refractivity contribution in [2.45, 2.75) is 31.4 Å². The van der Waals surface area contributed by atoms with Crippen molar-refractivity contribution in [1.82, 2.24) is 0 Å². The molecule has 0 aromatic carbocycles. The van der Waals surface area contributed by atoms with Crippen LogP contribution in [0.3, 0.4) is 0 Å². The molecule has 0 atom stereocenters. The van der Waals surface area contributed by atoms with Gasteiger partial charge >= 0.3 is 12.1 Å². The molecule has 0 rings (SSSR count). The molecule has 0 bridgehead atoms. The summed E-state index contributed by atoms with van der Waals surface area (Å²) < 4.78 is 87.5. The Hall–Kier alpha value is -0.440. The Bertz CT molecular complexity index is 294. The molecular formula is C6H9F5O3S. The van der Waals surface area contributed by atoms with E-state index in [9.17, 15) is 30.4 Å². The molecule has 15 heavy (non-hydrogen) atoms. The SMILES string of the molecule is O=S(=O)(O)CCCCC(F)(F)C(F)(F)F. The van der Waals surface area contributed by atoms with Crippen molar-refractivity contribution in [2.24, 2.45) is 0 Å². The molecule has 9 heteroatoms. The summed E-state index contributed by atoms with van der Waals surface area (Å²) >= 11 is 0. The third kappa shape index (κ3) is 5.88. The zero-order valence-electron chi connectivity index (χ0n) is 7.39. The number of hydrogen-bond donors (Lipinski definition) is 1. The van der Waals surface area contributed by atoms with Gasteiger partial charge in [-0.2, -0.15) is 30.4 Å². The molecule has 0 fully saturated rings. The molecule has 0 heterocycles. The van der Waals surface area contributed by atoms with Gasteiger partial charge in [0.15, 0.2) is 0 Å². The van der Waals surface area contributed by atoms with Crippen molar-refractivity contribution >= 4 is 10.1 Å². The van der Waals surface area contributed by atoms with Crippen LogP contribution < -0.4 is 0 Å². The summed E-state index contributed by atoms with van der Waals surface area (Å²) in [6, 6.07) is 0. The van der Waals surface area contributed by atoms with E-state index in [-0.39, 0.29) is 0 Å². The Morgan fingerprint density at radius 3 is 1.80 bits per heavy atom. The van der Waals surface area contributed by atoms with Crippen LogP contribution >= 0.6 is 0 Å². The van der Waals surface area contributed by atoms with Crippen LogP contribution in [0.15, 0.2) is 0 Å². The number of alkyl halides is 5. The Morgan fingerprint density at radius 2 is 1.47 bits per heavy atom. The predicted octanol–water partition coefficient (Wildman–Crippen LogP) is 2.24. The topological polar surface area (TPSA) is 54.4 Å².